The zero-order valence-electron chi connectivity index (χ0n) is 15.3. The first-order chi connectivity index (χ1) is 12.2. The molecule has 0 atom stereocenters. The van der Waals surface area contributed by atoms with Gasteiger partial charge in [0.05, 0.1) is 0 Å². The number of aliphatic imine (C=N–C) groups is 1. The molecule has 154 valence electrons. The Labute approximate surface area is 153 Å². The minimum absolute atomic E-state index is 0.110. The van der Waals surface area contributed by atoms with Crippen molar-refractivity contribution in [2.45, 2.75) is 50.6 Å². The van der Waals surface area contributed by atoms with Gasteiger partial charge in [0.25, 0.3) is 0 Å². The second-order valence-electron chi connectivity index (χ2n) is 6.08. The molecule has 26 heavy (non-hydrogen) atoms. The van der Waals surface area contributed by atoms with Gasteiger partial charge in [-0.15, -0.1) is 0 Å². The van der Waals surface area contributed by atoms with Crippen LogP contribution in [0.3, 0.4) is 0 Å². The highest BCUT2D eigenvalue weighted by Crippen LogP contribution is 2.28. The number of sulfonamides is 1. The van der Waals surface area contributed by atoms with Crippen LogP contribution in [-0.4, -0.2) is 70.1 Å². The smallest absolute Gasteiger partial charge is 0.385 e. The van der Waals surface area contributed by atoms with Crippen LogP contribution in [0.25, 0.3) is 0 Å². The third-order valence-corrected chi connectivity index (χ3v) is 5.68. The molecule has 11 heteroatoms. The van der Waals surface area contributed by atoms with Crippen molar-refractivity contribution in [3.8, 4) is 0 Å². The molecular formula is C15H29F3N4O3S. The van der Waals surface area contributed by atoms with Gasteiger partial charge in [0.15, 0.2) is 5.96 Å². The molecule has 0 aromatic carbocycles. The fourth-order valence-electron chi connectivity index (χ4n) is 2.63. The van der Waals surface area contributed by atoms with E-state index in [1.807, 2.05) is 6.92 Å². The van der Waals surface area contributed by atoms with Gasteiger partial charge in [-0.1, -0.05) is 0 Å². The minimum Gasteiger partial charge on any atom is -0.385 e. The van der Waals surface area contributed by atoms with Crippen LogP contribution in [0.5, 0.6) is 0 Å². The normalized spacial score (nSPS) is 18.1. The number of nitrogens with zero attached hydrogens (tertiary/aromatic N) is 2. The summed E-state index contributed by atoms with van der Waals surface area (Å²) >= 11 is 0. The highest BCUT2D eigenvalue weighted by atomic mass is 32.2. The van der Waals surface area contributed by atoms with Crippen LogP contribution in [0.15, 0.2) is 4.99 Å². The maximum Gasteiger partial charge on any atom is 0.511 e. The van der Waals surface area contributed by atoms with E-state index in [2.05, 4.69) is 15.6 Å². The fourth-order valence-corrected chi connectivity index (χ4v) is 3.61. The monoisotopic (exact) mass is 402 g/mol. The Bertz CT molecular complexity index is 533. The summed E-state index contributed by atoms with van der Waals surface area (Å²) in [6, 6.07) is -0.110. The molecule has 2 N–H and O–H groups in total. The van der Waals surface area contributed by atoms with Crippen molar-refractivity contribution in [3.05, 3.63) is 0 Å². The van der Waals surface area contributed by atoms with Crippen molar-refractivity contribution < 1.29 is 26.3 Å². The Balaban J connectivity index is 2.47. The number of unbranched alkanes of at least 4 members (excludes halogenated alkanes) is 2. The summed E-state index contributed by atoms with van der Waals surface area (Å²) in [5.74, 6) is 0.608. The molecule has 0 bridgehead atoms. The second-order valence-corrected chi connectivity index (χ2v) is 8.01. The van der Waals surface area contributed by atoms with Gasteiger partial charge in [0.2, 0.25) is 0 Å². The molecule has 0 saturated carbocycles. The van der Waals surface area contributed by atoms with E-state index in [0.29, 0.717) is 36.2 Å². The summed E-state index contributed by atoms with van der Waals surface area (Å²) in [5.41, 5.74) is -5.24. The summed E-state index contributed by atoms with van der Waals surface area (Å²) < 4.78 is 66.1. The van der Waals surface area contributed by atoms with Gasteiger partial charge in [-0.25, -0.2) is 8.42 Å². The number of hydrogen-bond donors (Lipinski definition) is 2. The first-order valence-electron chi connectivity index (χ1n) is 8.82. The molecule has 7 nitrogen and oxygen atoms in total. The standard InChI is InChI=1S/C15H29F3N4O3S/c1-3-19-14(20-9-5-4-6-12-25-2)21-13-7-10-22(11-8-13)26(23,24)15(16,17)18/h13H,3-12H2,1-2H3,(H2,19,20,21). The molecule has 1 aliphatic rings. The average Bonchev–Trinajstić information content (AvgIpc) is 2.57. The summed E-state index contributed by atoms with van der Waals surface area (Å²) in [7, 11) is -3.57. The number of hydrogen-bond acceptors (Lipinski definition) is 4. The van der Waals surface area contributed by atoms with Gasteiger partial charge in [-0.05, 0) is 39.0 Å². The number of guanidine groups is 1. The zero-order chi connectivity index (χ0) is 19.6. The van der Waals surface area contributed by atoms with Gasteiger partial charge in [0, 0.05) is 45.9 Å². The minimum atomic E-state index is -5.24. The van der Waals surface area contributed by atoms with Crippen LogP contribution < -0.4 is 10.6 Å². The SMILES string of the molecule is CCNC(=NCCCCCOC)NC1CCN(S(=O)(=O)C(F)(F)F)CC1. The van der Waals surface area contributed by atoms with Crippen LogP contribution in [0.1, 0.15) is 39.0 Å². The van der Waals surface area contributed by atoms with Crippen molar-refractivity contribution in [3.63, 3.8) is 0 Å². The van der Waals surface area contributed by atoms with Gasteiger partial charge in [-0.3, -0.25) is 4.99 Å². The maximum absolute atomic E-state index is 12.6. The van der Waals surface area contributed by atoms with Crippen molar-refractivity contribution in [2.24, 2.45) is 4.99 Å². The molecule has 0 spiro atoms. The molecule has 1 heterocycles. The van der Waals surface area contributed by atoms with E-state index < -0.39 is 15.5 Å². The molecule has 1 aliphatic heterocycles. The van der Waals surface area contributed by atoms with Crippen molar-refractivity contribution >= 4 is 16.0 Å². The third kappa shape index (κ3) is 7.28. The molecule has 0 unspecified atom stereocenters. The summed E-state index contributed by atoms with van der Waals surface area (Å²) in [6.45, 7) is 3.64. The van der Waals surface area contributed by atoms with Crippen molar-refractivity contribution in [1.82, 2.24) is 14.9 Å². The average molecular weight is 402 g/mol. The molecule has 1 saturated heterocycles. The van der Waals surface area contributed by atoms with Crippen molar-refractivity contribution in [2.75, 3.05) is 39.9 Å². The van der Waals surface area contributed by atoms with E-state index in [1.165, 1.54) is 0 Å². The largest absolute Gasteiger partial charge is 0.511 e. The highest BCUT2D eigenvalue weighted by Gasteiger charge is 2.50. The molecule has 0 radical (unpaired) electrons. The molecular weight excluding hydrogens is 373 g/mol. The van der Waals surface area contributed by atoms with Crippen LogP contribution in [0.2, 0.25) is 0 Å². The lowest BCUT2D eigenvalue weighted by Crippen LogP contribution is -2.51. The van der Waals surface area contributed by atoms with E-state index in [4.69, 9.17) is 4.74 Å². The molecule has 0 aromatic heterocycles. The summed E-state index contributed by atoms with van der Waals surface area (Å²) in [6.07, 6.45) is 3.50. The second kappa shape index (κ2) is 10.9. The number of ether oxygens (including phenoxy) is 1. The molecule has 1 fully saturated rings. The lowest BCUT2D eigenvalue weighted by molar-refractivity contribution is -0.0494. The highest BCUT2D eigenvalue weighted by molar-refractivity contribution is 7.90. The van der Waals surface area contributed by atoms with Gasteiger partial charge in [0.1, 0.15) is 0 Å². The van der Waals surface area contributed by atoms with E-state index in [0.717, 1.165) is 25.9 Å². The number of piperidine rings is 1. The van der Waals surface area contributed by atoms with Crippen LogP contribution in [0.4, 0.5) is 13.2 Å². The Kier molecular flexibility index (Phi) is 9.66. The van der Waals surface area contributed by atoms with Crippen molar-refractivity contribution in [1.29, 1.82) is 0 Å². The number of halogens is 3. The van der Waals surface area contributed by atoms with Crippen LogP contribution in [0, 0.1) is 0 Å². The van der Waals surface area contributed by atoms with E-state index in [-0.39, 0.29) is 19.1 Å². The number of alkyl halides is 3. The molecule has 0 amide bonds. The van der Waals surface area contributed by atoms with E-state index in [9.17, 15) is 21.6 Å². The van der Waals surface area contributed by atoms with Gasteiger partial charge >= 0.3 is 15.5 Å². The quantitative estimate of drug-likeness (QED) is 0.348. The molecule has 1 rings (SSSR count). The zero-order valence-corrected chi connectivity index (χ0v) is 16.1. The number of rotatable bonds is 9. The van der Waals surface area contributed by atoms with Gasteiger partial charge < -0.3 is 15.4 Å². The Hall–Kier alpha value is -1.07. The Morgan fingerprint density at radius 1 is 1.23 bits per heavy atom. The first kappa shape index (κ1) is 23.0. The van der Waals surface area contributed by atoms with Gasteiger partial charge in [-0.2, -0.15) is 17.5 Å². The summed E-state index contributed by atoms with van der Waals surface area (Å²) in [5, 5.41) is 6.28. The predicted molar refractivity (Wildman–Crippen MR) is 94.4 cm³/mol. The summed E-state index contributed by atoms with van der Waals surface area (Å²) in [4.78, 5) is 4.45. The fraction of sp³-hybridized carbons (Fsp3) is 0.933. The number of methoxy groups -OCH3 is 1. The lowest BCUT2D eigenvalue weighted by atomic mass is 10.1. The maximum atomic E-state index is 12.6. The predicted octanol–water partition coefficient (Wildman–Crippen LogP) is 1.67. The first-order valence-corrected chi connectivity index (χ1v) is 10.3. The third-order valence-electron chi connectivity index (χ3n) is 4.05. The van der Waals surface area contributed by atoms with E-state index >= 15 is 0 Å². The lowest BCUT2D eigenvalue weighted by Gasteiger charge is -2.32. The Morgan fingerprint density at radius 2 is 1.88 bits per heavy atom. The number of nitrogens with one attached hydrogen (secondary N) is 2. The van der Waals surface area contributed by atoms with Crippen LogP contribution in [-0.2, 0) is 14.8 Å². The van der Waals surface area contributed by atoms with E-state index in [1.54, 1.807) is 7.11 Å². The Morgan fingerprint density at radius 3 is 2.42 bits per heavy atom. The van der Waals surface area contributed by atoms with Crippen LogP contribution >= 0.6 is 0 Å². The molecule has 0 aliphatic carbocycles. The topological polar surface area (TPSA) is 83.0 Å². The molecule has 0 aromatic rings.